The van der Waals surface area contributed by atoms with Gasteiger partial charge >= 0.3 is 6.03 Å². The van der Waals surface area contributed by atoms with Crippen molar-refractivity contribution >= 4 is 11.7 Å². The Hall–Kier alpha value is -2.34. The molecule has 1 atom stereocenters. The Labute approximate surface area is 154 Å². The van der Waals surface area contributed by atoms with Gasteiger partial charge in [0.1, 0.15) is 0 Å². The first kappa shape index (κ1) is 18.5. The molecule has 1 aromatic carbocycles. The molecule has 1 unspecified atom stereocenters. The Morgan fingerprint density at radius 3 is 2.77 bits per heavy atom. The van der Waals surface area contributed by atoms with Crippen LogP contribution in [-0.4, -0.2) is 40.9 Å². The van der Waals surface area contributed by atoms with E-state index in [1.165, 1.54) is 5.56 Å². The summed E-state index contributed by atoms with van der Waals surface area (Å²) in [7, 11) is 0. The van der Waals surface area contributed by atoms with Gasteiger partial charge in [-0.05, 0) is 37.0 Å². The van der Waals surface area contributed by atoms with E-state index in [1.807, 2.05) is 36.9 Å². The molecule has 6 heteroatoms. The van der Waals surface area contributed by atoms with Crippen LogP contribution in [0.1, 0.15) is 49.3 Å². The monoisotopic (exact) mass is 356 g/mol. The van der Waals surface area contributed by atoms with E-state index in [4.69, 9.17) is 4.74 Å². The van der Waals surface area contributed by atoms with Crippen LogP contribution in [0.2, 0.25) is 0 Å². The van der Waals surface area contributed by atoms with Gasteiger partial charge in [0.25, 0.3) is 0 Å². The van der Waals surface area contributed by atoms with Crippen LogP contribution < -0.4 is 5.32 Å². The fraction of sp³-hybridized carbons (Fsp3) is 0.500. The molecule has 2 N–H and O–H groups in total. The third kappa shape index (κ3) is 3.75. The zero-order valence-corrected chi connectivity index (χ0v) is 16.2. The number of aromatic nitrogens is 2. The maximum Gasteiger partial charge on any atom is 0.322 e. The number of aromatic amines is 1. The molecule has 0 bridgehead atoms. The normalized spacial score (nSPS) is 18.0. The lowest BCUT2D eigenvalue weighted by Crippen LogP contribution is -2.45. The Morgan fingerprint density at radius 1 is 1.35 bits per heavy atom. The van der Waals surface area contributed by atoms with Gasteiger partial charge in [-0.15, -0.1) is 0 Å². The summed E-state index contributed by atoms with van der Waals surface area (Å²) in [5.74, 6) is 0. The number of carbonyl (C=O) groups excluding carboxylic acids is 1. The predicted octanol–water partition coefficient (Wildman–Crippen LogP) is 3.93. The minimum atomic E-state index is -0.131. The summed E-state index contributed by atoms with van der Waals surface area (Å²) in [4.78, 5) is 14.8. The Kier molecular flexibility index (Phi) is 5.05. The molecule has 2 amide bonds. The zero-order chi connectivity index (χ0) is 18.9. The molecule has 0 aliphatic carbocycles. The molecule has 6 nitrogen and oxygen atoms in total. The summed E-state index contributed by atoms with van der Waals surface area (Å²) in [6.07, 6.45) is 0. The molecule has 1 aliphatic heterocycles. The summed E-state index contributed by atoms with van der Waals surface area (Å²) in [5.41, 5.74) is 4.97. The highest BCUT2D eigenvalue weighted by atomic mass is 16.5. The molecule has 3 rings (SSSR count). The molecule has 0 spiro atoms. The quantitative estimate of drug-likeness (QED) is 0.856. The van der Waals surface area contributed by atoms with Crippen LogP contribution >= 0.6 is 0 Å². The van der Waals surface area contributed by atoms with E-state index in [0.717, 1.165) is 22.6 Å². The molecule has 1 aromatic heterocycles. The number of aryl methyl sites for hydroxylation is 2. The van der Waals surface area contributed by atoms with Crippen molar-refractivity contribution in [3.05, 3.63) is 46.8 Å². The van der Waals surface area contributed by atoms with Gasteiger partial charge in [0, 0.05) is 23.5 Å². The van der Waals surface area contributed by atoms with Crippen LogP contribution in [0, 0.1) is 13.8 Å². The highest BCUT2D eigenvalue weighted by Gasteiger charge is 2.32. The molecule has 0 radical (unpaired) electrons. The van der Waals surface area contributed by atoms with Gasteiger partial charge in [-0.1, -0.05) is 32.9 Å². The first-order chi connectivity index (χ1) is 12.3. The number of nitrogens with one attached hydrogen (secondary N) is 2. The van der Waals surface area contributed by atoms with Gasteiger partial charge in [-0.3, -0.25) is 5.10 Å². The minimum absolute atomic E-state index is 0.0350. The standard InChI is InChI=1S/C20H28N4O2/c1-13-18(14(2)23-22-13)17-12-26-10-9-24(17)19(25)21-16-8-6-7-15(11-16)20(3,4)5/h6-8,11,17H,9-10,12H2,1-5H3,(H,21,25)(H,22,23). The Morgan fingerprint density at radius 2 is 2.12 bits per heavy atom. The number of amides is 2. The molecule has 2 heterocycles. The van der Waals surface area contributed by atoms with Gasteiger partial charge in [-0.25, -0.2) is 4.79 Å². The van der Waals surface area contributed by atoms with Crippen LogP contribution in [0.15, 0.2) is 24.3 Å². The molecule has 26 heavy (non-hydrogen) atoms. The SMILES string of the molecule is Cc1n[nH]c(C)c1C1COCCN1C(=O)Nc1cccc(C(C)(C)C)c1. The van der Waals surface area contributed by atoms with E-state index >= 15 is 0 Å². The fourth-order valence-corrected chi connectivity index (χ4v) is 3.40. The lowest BCUT2D eigenvalue weighted by atomic mass is 9.87. The summed E-state index contributed by atoms with van der Waals surface area (Å²) in [5, 5.41) is 10.3. The smallest absolute Gasteiger partial charge is 0.322 e. The van der Waals surface area contributed by atoms with Crippen molar-refractivity contribution in [2.24, 2.45) is 0 Å². The Bertz CT molecular complexity index is 772. The van der Waals surface area contributed by atoms with Gasteiger partial charge in [0.05, 0.1) is 24.9 Å². The van der Waals surface area contributed by atoms with E-state index in [9.17, 15) is 4.79 Å². The number of ether oxygens (including phenoxy) is 1. The van der Waals surface area contributed by atoms with Crippen LogP contribution in [0.4, 0.5) is 10.5 Å². The number of nitrogens with zero attached hydrogens (tertiary/aromatic N) is 2. The van der Waals surface area contributed by atoms with Crippen LogP contribution in [0.25, 0.3) is 0 Å². The highest BCUT2D eigenvalue weighted by Crippen LogP contribution is 2.29. The van der Waals surface area contributed by atoms with E-state index in [1.54, 1.807) is 0 Å². The molecule has 1 saturated heterocycles. The third-order valence-electron chi connectivity index (χ3n) is 4.89. The zero-order valence-electron chi connectivity index (χ0n) is 16.2. The number of hydrogen-bond acceptors (Lipinski definition) is 3. The number of rotatable bonds is 2. The Balaban J connectivity index is 1.82. The van der Waals surface area contributed by atoms with Crippen molar-refractivity contribution in [2.75, 3.05) is 25.1 Å². The summed E-state index contributed by atoms with van der Waals surface area (Å²) < 4.78 is 5.65. The second kappa shape index (κ2) is 7.11. The number of urea groups is 1. The van der Waals surface area contributed by atoms with Crippen LogP contribution in [0.5, 0.6) is 0 Å². The lowest BCUT2D eigenvalue weighted by molar-refractivity contribution is 0.0143. The predicted molar refractivity (Wildman–Crippen MR) is 102 cm³/mol. The fourth-order valence-electron chi connectivity index (χ4n) is 3.40. The largest absolute Gasteiger partial charge is 0.377 e. The highest BCUT2D eigenvalue weighted by molar-refractivity contribution is 5.89. The van der Waals surface area contributed by atoms with Crippen molar-refractivity contribution in [1.29, 1.82) is 0 Å². The van der Waals surface area contributed by atoms with E-state index in [2.05, 4.69) is 42.4 Å². The molecule has 0 saturated carbocycles. The first-order valence-corrected chi connectivity index (χ1v) is 9.05. The molecule has 1 aliphatic rings. The molecular weight excluding hydrogens is 328 g/mol. The second-order valence-corrected chi connectivity index (χ2v) is 7.89. The average molecular weight is 356 g/mol. The second-order valence-electron chi connectivity index (χ2n) is 7.89. The number of H-pyrrole nitrogens is 1. The first-order valence-electron chi connectivity index (χ1n) is 9.05. The van der Waals surface area contributed by atoms with E-state index < -0.39 is 0 Å². The molecule has 1 fully saturated rings. The number of benzene rings is 1. The summed E-state index contributed by atoms with van der Waals surface area (Å²) in [6.45, 7) is 12.0. The van der Waals surface area contributed by atoms with Gasteiger partial charge < -0.3 is 15.0 Å². The number of morpholine rings is 1. The van der Waals surface area contributed by atoms with E-state index in [-0.39, 0.29) is 17.5 Å². The summed E-state index contributed by atoms with van der Waals surface area (Å²) >= 11 is 0. The van der Waals surface area contributed by atoms with Crippen molar-refractivity contribution in [3.8, 4) is 0 Å². The van der Waals surface area contributed by atoms with Gasteiger partial charge in [0.15, 0.2) is 0 Å². The van der Waals surface area contributed by atoms with Crippen molar-refractivity contribution < 1.29 is 9.53 Å². The number of anilines is 1. The summed E-state index contributed by atoms with van der Waals surface area (Å²) in [6, 6.07) is 7.80. The lowest BCUT2D eigenvalue weighted by Gasteiger charge is -2.36. The van der Waals surface area contributed by atoms with E-state index in [0.29, 0.717) is 19.8 Å². The maximum atomic E-state index is 13.0. The minimum Gasteiger partial charge on any atom is -0.377 e. The number of hydrogen-bond donors (Lipinski definition) is 2. The topological polar surface area (TPSA) is 70.2 Å². The van der Waals surface area contributed by atoms with Gasteiger partial charge in [-0.2, -0.15) is 5.10 Å². The van der Waals surface area contributed by atoms with Crippen LogP contribution in [0.3, 0.4) is 0 Å². The van der Waals surface area contributed by atoms with Crippen molar-refractivity contribution in [3.63, 3.8) is 0 Å². The van der Waals surface area contributed by atoms with Crippen molar-refractivity contribution in [1.82, 2.24) is 15.1 Å². The van der Waals surface area contributed by atoms with Crippen molar-refractivity contribution in [2.45, 2.75) is 46.1 Å². The van der Waals surface area contributed by atoms with Gasteiger partial charge in [0.2, 0.25) is 0 Å². The molecule has 140 valence electrons. The molecule has 2 aromatic rings. The third-order valence-corrected chi connectivity index (χ3v) is 4.89. The van der Waals surface area contributed by atoms with Crippen LogP contribution in [-0.2, 0) is 10.2 Å². The number of carbonyl (C=O) groups is 1. The maximum absolute atomic E-state index is 13.0. The average Bonchev–Trinajstić information content (AvgIpc) is 2.93. The molecular formula is C20H28N4O2.